The van der Waals surface area contributed by atoms with Crippen LogP contribution in [0, 0.1) is 13.8 Å². The lowest BCUT2D eigenvalue weighted by Gasteiger charge is -1.90. The Morgan fingerprint density at radius 1 is 1.00 bits per heavy atom. The minimum Gasteiger partial charge on any atom is -0.230 e. The van der Waals surface area contributed by atoms with Crippen LogP contribution in [-0.4, -0.2) is 40.4 Å². The molecule has 2 heterocycles. The molecule has 0 atom stereocenters. The predicted molar refractivity (Wildman–Crippen MR) is 56.5 cm³/mol. The van der Waals surface area contributed by atoms with Crippen molar-refractivity contribution in [3.63, 3.8) is 0 Å². The summed E-state index contributed by atoms with van der Waals surface area (Å²) >= 11 is 0. The van der Waals surface area contributed by atoms with Crippen LogP contribution in [0.15, 0.2) is 0 Å². The van der Waals surface area contributed by atoms with Gasteiger partial charge in [0.1, 0.15) is 5.82 Å². The molecule has 0 bridgehead atoms. The van der Waals surface area contributed by atoms with Crippen molar-refractivity contribution >= 4 is 0 Å². The number of aryl methyl sites for hydroxylation is 4. The summed E-state index contributed by atoms with van der Waals surface area (Å²) in [6.07, 6.45) is 0. The predicted octanol–water partition coefficient (Wildman–Crippen LogP) is 0.00284. The molecule has 2 rings (SSSR count). The second kappa shape index (κ2) is 5.89. The molecule has 0 saturated heterocycles. The molecule has 0 amide bonds. The molecule has 0 fully saturated rings. The Kier molecular flexibility index (Phi) is 4.49. The first-order valence-electron chi connectivity index (χ1n) is 5.14. The van der Waals surface area contributed by atoms with Gasteiger partial charge >= 0.3 is 0 Å². The fourth-order valence-electron chi connectivity index (χ4n) is 0.999. The molecule has 2 aromatic heterocycles. The van der Waals surface area contributed by atoms with Gasteiger partial charge in [-0.2, -0.15) is 4.80 Å². The number of tetrazole rings is 2. The maximum atomic E-state index is 3.92. The summed E-state index contributed by atoms with van der Waals surface area (Å²) in [5.74, 6) is 1.60. The molecule has 8 heteroatoms. The van der Waals surface area contributed by atoms with Crippen molar-refractivity contribution in [3.05, 3.63) is 11.6 Å². The van der Waals surface area contributed by atoms with Crippen LogP contribution < -0.4 is 0 Å². The van der Waals surface area contributed by atoms with E-state index in [9.17, 15) is 0 Å². The van der Waals surface area contributed by atoms with Gasteiger partial charge in [-0.15, -0.1) is 15.3 Å². The van der Waals surface area contributed by atoms with Crippen molar-refractivity contribution in [2.24, 2.45) is 0 Å². The maximum absolute atomic E-state index is 3.92. The molecule has 0 aliphatic heterocycles. The van der Waals surface area contributed by atoms with Gasteiger partial charge in [-0.3, -0.25) is 0 Å². The van der Waals surface area contributed by atoms with Gasteiger partial charge in [0.25, 0.3) is 0 Å². The van der Waals surface area contributed by atoms with E-state index in [1.165, 1.54) is 0 Å². The number of aromatic nitrogens is 8. The highest BCUT2D eigenvalue weighted by Gasteiger charge is 1.92. The van der Waals surface area contributed by atoms with Gasteiger partial charge in [-0.25, -0.2) is 4.68 Å². The van der Waals surface area contributed by atoms with Crippen LogP contribution >= 0.6 is 0 Å². The fraction of sp³-hybridized carbons (Fsp3) is 0.750. The van der Waals surface area contributed by atoms with Gasteiger partial charge in [0.15, 0.2) is 5.82 Å². The highest BCUT2D eigenvalue weighted by Crippen LogP contribution is 1.84. The molecule has 0 unspecified atom stereocenters. The first kappa shape index (κ1) is 12.2. The monoisotopic (exact) mass is 224 g/mol. The highest BCUT2D eigenvalue weighted by molar-refractivity contribution is 4.71. The van der Waals surface area contributed by atoms with Gasteiger partial charge in [-0.05, 0) is 43.3 Å². The summed E-state index contributed by atoms with van der Waals surface area (Å²) in [7, 11) is 0. The Morgan fingerprint density at radius 2 is 1.75 bits per heavy atom. The maximum Gasteiger partial charge on any atom is 0.171 e. The minimum atomic E-state index is 0.729. The van der Waals surface area contributed by atoms with E-state index in [-0.39, 0.29) is 0 Å². The summed E-state index contributed by atoms with van der Waals surface area (Å²) in [6, 6.07) is 0. The van der Waals surface area contributed by atoms with Crippen LogP contribution in [0.2, 0.25) is 0 Å². The number of nitrogens with zero attached hydrogens (tertiary/aromatic N) is 8. The third-order valence-corrected chi connectivity index (χ3v) is 1.85. The molecule has 88 valence electrons. The molecular weight excluding hydrogens is 208 g/mol. The van der Waals surface area contributed by atoms with Crippen molar-refractivity contribution in [3.8, 4) is 0 Å². The van der Waals surface area contributed by atoms with Crippen molar-refractivity contribution in [2.45, 2.75) is 40.8 Å². The van der Waals surface area contributed by atoms with Crippen LogP contribution in [0.4, 0.5) is 0 Å². The van der Waals surface area contributed by atoms with Crippen molar-refractivity contribution in [1.29, 1.82) is 0 Å². The van der Waals surface area contributed by atoms with Gasteiger partial charge < -0.3 is 0 Å². The molecule has 0 saturated carbocycles. The molecular formula is C8H16N8. The SMILES string of the molecule is CCn1nnc(C)n1.CCn1nnnc1C. The van der Waals surface area contributed by atoms with E-state index in [2.05, 4.69) is 30.9 Å². The molecule has 0 N–H and O–H groups in total. The third kappa shape index (κ3) is 3.37. The summed E-state index contributed by atoms with van der Waals surface area (Å²) in [6.45, 7) is 9.31. The van der Waals surface area contributed by atoms with Crippen LogP contribution in [0.25, 0.3) is 0 Å². The van der Waals surface area contributed by atoms with E-state index < -0.39 is 0 Å². The summed E-state index contributed by atoms with van der Waals surface area (Å²) in [5, 5.41) is 22.1. The van der Waals surface area contributed by atoms with Gasteiger partial charge in [0, 0.05) is 6.54 Å². The van der Waals surface area contributed by atoms with E-state index in [1.807, 2.05) is 27.7 Å². The van der Waals surface area contributed by atoms with Crippen LogP contribution in [0.1, 0.15) is 25.5 Å². The van der Waals surface area contributed by atoms with Gasteiger partial charge in [0.05, 0.1) is 6.54 Å². The summed E-state index contributed by atoms with van der Waals surface area (Å²) < 4.78 is 1.74. The van der Waals surface area contributed by atoms with Crippen molar-refractivity contribution in [2.75, 3.05) is 0 Å². The lowest BCUT2D eigenvalue weighted by Crippen LogP contribution is -1.98. The lowest BCUT2D eigenvalue weighted by molar-refractivity contribution is 0.551. The number of hydrogen-bond acceptors (Lipinski definition) is 6. The first-order chi connectivity index (χ1) is 7.67. The average molecular weight is 224 g/mol. The molecule has 0 spiro atoms. The fourth-order valence-corrected chi connectivity index (χ4v) is 0.999. The topological polar surface area (TPSA) is 87.2 Å². The van der Waals surface area contributed by atoms with E-state index in [1.54, 1.807) is 9.48 Å². The quantitative estimate of drug-likeness (QED) is 0.713. The Morgan fingerprint density at radius 3 is 2.00 bits per heavy atom. The molecule has 0 radical (unpaired) electrons. The van der Waals surface area contributed by atoms with Crippen LogP contribution in [0.5, 0.6) is 0 Å². The van der Waals surface area contributed by atoms with Crippen molar-refractivity contribution < 1.29 is 0 Å². The van der Waals surface area contributed by atoms with E-state index in [0.29, 0.717) is 0 Å². The second-order valence-corrected chi connectivity index (χ2v) is 3.07. The van der Waals surface area contributed by atoms with Crippen LogP contribution in [0.3, 0.4) is 0 Å². The van der Waals surface area contributed by atoms with Gasteiger partial charge in [-0.1, -0.05) is 0 Å². The Bertz CT molecular complexity index is 417. The smallest absolute Gasteiger partial charge is 0.171 e. The zero-order valence-corrected chi connectivity index (χ0v) is 9.99. The largest absolute Gasteiger partial charge is 0.230 e. The second-order valence-electron chi connectivity index (χ2n) is 3.07. The highest BCUT2D eigenvalue weighted by atomic mass is 15.6. The van der Waals surface area contributed by atoms with E-state index in [0.717, 1.165) is 24.7 Å². The first-order valence-corrected chi connectivity index (χ1v) is 5.14. The number of rotatable bonds is 2. The minimum absolute atomic E-state index is 0.729. The lowest BCUT2D eigenvalue weighted by atomic mass is 10.6. The molecule has 8 nitrogen and oxygen atoms in total. The summed E-state index contributed by atoms with van der Waals surface area (Å²) in [4.78, 5) is 1.55. The van der Waals surface area contributed by atoms with Crippen LogP contribution in [-0.2, 0) is 13.1 Å². The Labute approximate surface area is 93.7 Å². The standard InChI is InChI=1S/2C4H8N4/c1-3-8-4(2)5-6-7-8;1-3-8-6-4(2)5-7-8/h2*3H2,1-2H3. The molecule has 0 aliphatic rings. The van der Waals surface area contributed by atoms with E-state index in [4.69, 9.17) is 0 Å². The van der Waals surface area contributed by atoms with E-state index >= 15 is 0 Å². The normalized spacial score (nSPS) is 9.75. The molecule has 16 heavy (non-hydrogen) atoms. The number of hydrogen-bond donors (Lipinski definition) is 0. The zero-order valence-electron chi connectivity index (χ0n) is 9.99. The van der Waals surface area contributed by atoms with Gasteiger partial charge in [0.2, 0.25) is 0 Å². The molecule has 0 aromatic carbocycles. The molecule has 2 aromatic rings. The summed E-state index contributed by atoms with van der Waals surface area (Å²) in [5.41, 5.74) is 0. The average Bonchev–Trinajstić information content (AvgIpc) is 2.87. The Hall–Kier alpha value is -1.86. The van der Waals surface area contributed by atoms with Crippen molar-refractivity contribution in [1.82, 2.24) is 40.4 Å². The third-order valence-electron chi connectivity index (χ3n) is 1.85. The zero-order chi connectivity index (χ0) is 12.0. The Balaban J connectivity index is 0.000000160. The molecule has 0 aliphatic carbocycles.